The van der Waals surface area contributed by atoms with Crippen molar-refractivity contribution in [2.24, 2.45) is 0 Å². The smallest absolute Gasteiger partial charge is 0.394 e. The monoisotopic (exact) mass is 281 g/mol. The summed E-state index contributed by atoms with van der Waals surface area (Å²) in [4.78, 5) is 11.6. The number of alkyl halides is 3. The van der Waals surface area contributed by atoms with Crippen LogP contribution in [0.25, 0.3) is 0 Å². The molecule has 100 valence electrons. The van der Waals surface area contributed by atoms with E-state index >= 15 is 0 Å². The molecule has 0 heterocycles. The van der Waals surface area contributed by atoms with Crippen LogP contribution in [0.2, 0.25) is 5.02 Å². The highest BCUT2D eigenvalue weighted by atomic mass is 35.5. The lowest BCUT2D eigenvalue weighted by Crippen LogP contribution is -2.35. The van der Waals surface area contributed by atoms with E-state index in [0.29, 0.717) is 6.07 Å². The molecule has 1 aromatic rings. The molecule has 0 unspecified atom stereocenters. The van der Waals surface area contributed by atoms with Crippen LogP contribution >= 0.6 is 11.6 Å². The largest absolute Gasteiger partial charge is 0.416 e. The van der Waals surface area contributed by atoms with Crippen molar-refractivity contribution in [2.75, 3.05) is 6.61 Å². The Balaban J connectivity index is 2.96. The van der Waals surface area contributed by atoms with E-state index < -0.39 is 23.7 Å². The minimum Gasteiger partial charge on any atom is -0.394 e. The van der Waals surface area contributed by atoms with Crippen LogP contribution < -0.4 is 5.32 Å². The van der Waals surface area contributed by atoms with Crippen LogP contribution in [0.15, 0.2) is 18.2 Å². The number of nitrogens with one attached hydrogen (secondary N) is 1. The molecule has 1 atom stereocenters. The summed E-state index contributed by atoms with van der Waals surface area (Å²) >= 11 is 5.63. The first-order valence-corrected chi connectivity index (χ1v) is 5.42. The first-order valence-electron chi connectivity index (χ1n) is 5.04. The fourth-order valence-electron chi connectivity index (χ4n) is 1.22. The van der Waals surface area contributed by atoms with Crippen LogP contribution in [0.3, 0.4) is 0 Å². The van der Waals surface area contributed by atoms with Crippen molar-refractivity contribution in [2.45, 2.75) is 19.1 Å². The van der Waals surface area contributed by atoms with Crippen LogP contribution in [0.1, 0.15) is 22.8 Å². The molecule has 7 heteroatoms. The molecule has 0 aromatic heterocycles. The van der Waals surface area contributed by atoms with Gasteiger partial charge in [-0.15, -0.1) is 0 Å². The predicted octanol–water partition coefficient (Wildman–Crippen LogP) is 2.47. The maximum atomic E-state index is 12.4. The quantitative estimate of drug-likeness (QED) is 0.894. The van der Waals surface area contributed by atoms with Gasteiger partial charge >= 0.3 is 6.18 Å². The van der Waals surface area contributed by atoms with Gasteiger partial charge in [0, 0.05) is 6.04 Å². The van der Waals surface area contributed by atoms with E-state index in [1.54, 1.807) is 6.92 Å². The number of benzene rings is 1. The van der Waals surface area contributed by atoms with Crippen molar-refractivity contribution in [3.63, 3.8) is 0 Å². The van der Waals surface area contributed by atoms with Crippen molar-refractivity contribution in [1.29, 1.82) is 0 Å². The summed E-state index contributed by atoms with van der Waals surface area (Å²) in [6, 6.07) is 1.98. The number of amides is 1. The highest BCUT2D eigenvalue weighted by molar-refractivity contribution is 6.33. The Morgan fingerprint density at radius 2 is 2.11 bits per heavy atom. The third-order valence-electron chi connectivity index (χ3n) is 2.19. The molecule has 1 amide bonds. The molecule has 0 spiro atoms. The van der Waals surface area contributed by atoms with Gasteiger partial charge in [0.2, 0.25) is 0 Å². The number of hydrogen-bond donors (Lipinski definition) is 2. The van der Waals surface area contributed by atoms with Gasteiger partial charge in [0.05, 0.1) is 22.8 Å². The molecule has 1 rings (SSSR count). The lowest BCUT2D eigenvalue weighted by molar-refractivity contribution is -0.137. The lowest BCUT2D eigenvalue weighted by atomic mass is 10.1. The molecule has 0 aliphatic heterocycles. The molecule has 0 aliphatic rings. The third-order valence-corrected chi connectivity index (χ3v) is 2.51. The molecule has 3 nitrogen and oxygen atoms in total. The van der Waals surface area contributed by atoms with Crippen molar-refractivity contribution in [3.8, 4) is 0 Å². The Bertz CT molecular complexity index is 448. The fourth-order valence-corrected chi connectivity index (χ4v) is 1.49. The summed E-state index contributed by atoms with van der Waals surface area (Å²) in [5.41, 5.74) is -0.982. The average molecular weight is 282 g/mol. The maximum Gasteiger partial charge on any atom is 0.416 e. The van der Waals surface area contributed by atoms with E-state index in [1.165, 1.54) is 0 Å². The minimum atomic E-state index is -4.50. The van der Waals surface area contributed by atoms with Crippen LogP contribution in [0, 0.1) is 0 Å². The molecule has 0 radical (unpaired) electrons. The van der Waals surface area contributed by atoms with Gasteiger partial charge in [-0.05, 0) is 25.1 Å². The summed E-state index contributed by atoms with van der Waals surface area (Å²) in [5, 5.41) is 10.9. The normalized spacial score (nSPS) is 13.2. The Kier molecular flexibility index (Phi) is 4.59. The number of aliphatic hydroxyl groups excluding tert-OH is 1. The van der Waals surface area contributed by atoms with Gasteiger partial charge < -0.3 is 10.4 Å². The van der Waals surface area contributed by atoms with E-state index in [9.17, 15) is 18.0 Å². The van der Waals surface area contributed by atoms with Gasteiger partial charge in [-0.3, -0.25) is 4.79 Å². The Labute approximate surface area is 107 Å². The van der Waals surface area contributed by atoms with Crippen molar-refractivity contribution >= 4 is 17.5 Å². The molecule has 0 aliphatic carbocycles. The molecule has 18 heavy (non-hydrogen) atoms. The number of carbonyl (C=O) groups excluding carboxylic acids is 1. The first kappa shape index (κ1) is 14.8. The molecule has 0 fully saturated rings. The number of rotatable bonds is 3. The zero-order valence-electron chi connectivity index (χ0n) is 9.38. The molecular formula is C11H11ClF3NO2. The highest BCUT2D eigenvalue weighted by Crippen LogP contribution is 2.32. The fraction of sp³-hybridized carbons (Fsp3) is 0.364. The standard InChI is InChI=1S/C11H11ClF3NO2/c1-6(5-17)16-10(18)8-3-2-7(4-9(8)12)11(13,14)15/h2-4,6,17H,5H2,1H3,(H,16,18)/t6-/m1/s1. The van der Waals surface area contributed by atoms with Gasteiger partial charge in [0.1, 0.15) is 0 Å². The van der Waals surface area contributed by atoms with Gasteiger partial charge in [-0.25, -0.2) is 0 Å². The topological polar surface area (TPSA) is 49.3 Å². The second-order valence-electron chi connectivity index (χ2n) is 3.75. The summed E-state index contributed by atoms with van der Waals surface area (Å²) in [6.45, 7) is 1.28. The van der Waals surface area contributed by atoms with E-state index in [1.807, 2.05) is 0 Å². The summed E-state index contributed by atoms with van der Waals surface area (Å²) in [5.74, 6) is -0.629. The van der Waals surface area contributed by atoms with Gasteiger partial charge in [-0.2, -0.15) is 13.2 Å². The van der Waals surface area contributed by atoms with Crippen LogP contribution in [-0.4, -0.2) is 23.7 Å². The van der Waals surface area contributed by atoms with Gasteiger partial charge in [-0.1, -0.05) is 11.6 Å². The van der Waals surface area contributed by atoms with Crippen molar-refractivity contribution in [1.82, 2.24) is 5.32 Å². The highest BCUT2D eigenvalue weighted by Gasteiger charge is 2.31. The van der Waals surface area contributed by atoms with E-state index in [4.69, 9.17) is 16.7 Å². The zero-order chi connectivity index (χ0) is 13.9. The second-order valence-corrected chi connectivity index (χ2v) is 4.16. The average Bonchev–Trinajstić information content (AvgIpc) is 2.27. The summed E-state index contributed by atoms with van der Waals surface area (Å²) in [7, 11) is 0. The minimum absolute atomic E-state index is 0.0648. The van der Waals surface area contributed by atoms with Gasteiger partial charge in [0.25, 0.3) is 5.91 Å². The van der Waals surface area contributed by atoms with Crippen LogP contribution in [0.5, 0.6) is 0 Å². The van der Waals surface area contributed by atoms with Crippen molar-refractivity contribution in [3.05, 3.63) is 34.3 Å². The molecule has 0 bridgehead atoms. The zero-order valence-corrected chi connectivity index (χ0v) is 10.1. The molecule has 1 aromatic carbocycles. The first-order chi connectivity index (χ1) is 8.25. The number of halogens is 4. The SMILES string of the molecule is C[C@H](CO)NC(=O)c1ccc(C(F)(F)F)cc1Cl. The third kappa shape index (κ3) is 3.61. The number of hydrogen-bond acceptors (Lipinski definition) is 2. The van der Waals surface area contributed by atoms with Crippen LogP contribution in [0.4, 0.5) is 13.2 Å². The Hall–Kier alpha value is -1.27. The molecule has 0 saturated carbocycles. The summed E-state index contributed by atoms with van der Waals surface area (Å²) < 4.78 is 37.1. The van der Waals surface area contributed by atoms with Crippen molar-refractivity contribution < 1.29 is 23.1 Å². The number of carbonyl (C=O) groups is 1. The number of aliphatic hydroxyl groups is 1. The summed E-state index contributed by atoms with van der Waals surface area (Å²) in [6.07, 6.45) is -4.50. The van der Waals surface area contributed by atoms with E-state index in [2.05, 4.69) is 5.32 Å². The van der Waals surface area contributed by atoms with E-state index in [0.717, 1.165) is 12.1 Å². The molecule has 0 saturated heterocycles. The predicted molar refractivity (Wildman–Crippen MR) is 60.5 cm³/mol. The Morgan fingerprint density at radius 1 is 1.50 bits per heavy atom. The lowest BCUT2D eigenvalue weighted by Gasteiger charge is -2.13. The second kappa shape index (κ2) is 5.58. The van der Waals surface area contributed by atoms with E-state index in [-0.39, 0.29) is 17.2 Å². The van der Waals surface area contributed by atoms with Crippen LogP contribution in [-0.2, 0) is 6.18 Å². The molecular weight excluding hydrogens is 271 g/mol. The molecule has 2 N–H and O–H groups in total. The Morgan fingerprint density at radius 3 is 2.56 bits per heavy atom. The van der Waals surface area contributed by atoms with Gasteiger partial charge in [0.15, 0.2) is 0 Å². The maximum absolute atomic E-state index is 12.4.